The van der Waals surface area contributed by atoms with Gasteiger partial charge in [-0.1, -0.05) is 6.92 Å². The molecule has 0 fully saturated rings. The van der Waals surface area contributed by atoms with Crippen LogP contribution in [0, 0.1) is 0 Å². The van der Waals surface area contributed by atoms with Gasteiger partial charge in [-0.05, 0) is 13.1 Å². The van der Waals surface area contributed by atoms with Crippen molar-refractivity contribution in [1.29, 1.82) is 0 Å². The molecule has 52 valence electrons. The van der Waals surface area contributed by atoms with E-state index < -0.39 is 0 Å². The van der Waals surface area contributed by atoms with E-state index in [2.05, 4.69) is 16.4 Å². The number of aliphatic imine (C=N–C) groups is 1. The third-order valence-electron chi connectivity index (χ3n) is 1.08. The van der Waals surface area contributed by atoms with E-state index in [-0.39, 0.29) is 12.0 Å². The van der Waals surface area contributed by atoms with E-state index in [9.17, 15) is 4.79 Å². The Balaban J connectivity index is 3.78. The van der Waals surface area contributed by atoms with Gasteiger partial charge >= 0.3 is 5.97 Å². The Morgan fingerprint density at radius 2 is 2.44 bits per heavy atom. The van der Waals surface area contributed by atoms with Gasteiger partial charge in [0.15, 0.2) is 0 Å². The smallest absolute Gasteiger partial charge is 0.330 e. The van der Waals surface area contributed by atoms with Crippen LogP contribution in [0.1, 0.15) is 13.3 Å². The van der Waals surface area contributed by atoms with Crippen LogP contribution in [-0.2, 0) is 9.53 Å². The number of hydrogen-bond donors (Lipinski definition) is 0. The lowest BCUT2D eigenvalue weighted by molar-refractivity contribution is -0.142. The van der Waals surface area contributed by atoms with Crippen molar-refractivity contribution in [3.05, 3.63) is 0 Å². The first-order chi connectivity index (χ1) is 4.26. The van der Waals surface area contributed by atoms with Gasteiger partial charge in [0.25, 0.3) is 0 Å². The summed E-state index contributed by atoms with van der Waals surface area (Å²) in [5.74, 6) is -0.312. The van der Waals surface area contributed by atoms with Gasteiger partial charge in [-0.3, -0.25) is 4.99 Å². The predicted octanol–water partition coefficient (Wildman–Crippen LogP) is 0.639. The van der Waals surface area contributed by atoms with Crippen LogP contribution in [0.4, 0.5) is 0 Å². The second-order valence-corrected chi connectivity index (χ2v) is 1.63. The van der Waals surface area contributed by atoms with Crippen LogP contribution in [0.25, 0.3) is 0 Å². The summed E-state index contributed by atoms with van der Waals surface area (Å²) in [6.07, 6.45) is 0.649. The minimum atomic E-state index is -0.380. The number of nitrogens with zero attached hydrogens (tertiary/aromatic N) is 1. The molecule has 0 aliphatic heterocycles. The monoisotopic (exact) mass is 129 g/mol. The van der Waals surface area contributed by atoms with Crippen molar-refractivity contribution in [3.8, 4) is 0 Å². The van der Waals surface area contributed by atoms with Crippen LogP contribution in [0.3, 0.4) is 0 Å². The molecular formula is C6H11NO2. The summed E-state index contributed by atoms with van der Waals surface area (Å²) in [6.45, 7) is 5.11. The van der Waals surface area contributed by atoms with Gasteiger partial charge in [-0.2, -0.15) is 0 Å². The summed E-state index contributed by atoms with van der Waals surface area (Å²) < 4.78 is 4.42. The van der Waals surface area contributed by atoms with Gasteiger partial charge < -0.3 is 4.74 Å². The number of carbonyl (C=O) groups excluding carboxylic acids is 1. The third-order valence-corrected chi connectivity index (χ3v) is 1.08. The second-order valence-electron chi connectivity index (χ2n) is 1.63. The molecule has 0 aromatic carbocycles. The Bertz CT molecular complexity index is 112. The molecule has 0 aliphatic carbocycles. The quantitative estimate of drug-likeness (QED) is 0.414. The number of rotatable bonds is 3. The summed E-state index contributed by atoms with van der Waals surface area (Å²) in [5.41, 5.74) is 0. The first-order valence-electron chi connectivity index (χ1n) is 2.79. The summed E-state index contributed by atoms with van der Waals surface area (Å²) in [4.78, 5) is 14.2. The second kappa shape index (κ2) is 4.06. The Hall–Kier alpha value is -0.860. The maximum absolute atomic E-state index is 10.6. The zero-order valence-electron chi connectivity index (χ0n) is 5.76. The molecule has 0 heterocycles. The number of methoxy groups -OCH3 is 1. The molecule has 3 heteroatoms. The fraction of sp³-hybridized carbons (Fsp3) is 0.667. The van der Waals surface area contributed by atoms with E-state index in [4.69, 9.17) is 0 Å². The lowest BCUT2D eigenvalue weighted by Gasteiger charge is -2.03. The van der Waals surface area contributed by atoms with Crippen molar-refractivity contribution < 1.29 is 9.53 Å². The fourth-order valence-corrected chi connectivity index (χ4v) is 0.506. The summed E-state index contributed by atoms with van der Waals surface area (Å²) in [5, 5.41) is 0. The molecule has 1 atom stereocenters. The molecule has 0 aromatic heterocycles. The van der Waals surface area contributed by atoms with Crippen LogP contribution >= 0.6 is 0 Å². The van der Waals surface area contributed by atoms with Crippen LogP contribution in [0.5, 0.6) is 0 Å². The zero-order valence-corrected chi connectivity index (χ0v) is 5.76. The van der Waals surface area contributed by atoms with Gasteiger partial charge in [-0.15, -0.1) is 0 Å². The first kappa shape index (κ1) is 8.14. The van der Waals surface area contributed by atoms with E-state index in [0.717, 1.165) is 0 Å². The molecule has 0 saturated carbocycles. The van der Waals surface area contributed by atoms with Gasteiger partial charge in [0, 0.05) is 0 Å². The standard InChI is InChI=1S/C6H11NO2/c1-4-5(7-2)6(8)9-3/h5H,2,4H2,1,3H3/t5-/m0/s1. The summed E-state index contributed by atoms with van der Waals surface area (Å²) in [7, 11) is 1.34. The molecule has 0 aromatic rings. The average molecular weight is 129 g/mol. The molecule has 0 saturated heterocycles. The highest BCUT2D eigenvalue weighted by atomic mass is 16.5. The predicted molar refractivity (Wildman–Crippen MR) is 35.6 cm³/mol. The van der Waals surface area contributed by atoms with Gasteiger partial charge in [0.1, 0.15) is 6.04 Å². The van der Waals surface area contributed by atoms with Crippen molar-refractivity contribution in [1.82, 2.24) is 0 Å². The summed E-state index contributed by atoms with van der Waals surface area (Å²) in [6, 6.07) is -0.380. The third kappa shape index (κ3) is 2.26. The van der Waals surface area contributed by atoms with Crippen LogP contribution < -0.4 is 0 Å². The van der Waals surface area contributed by atoms with Crippen molar-refractivity contribution in [2.45, 2.75) is 19.4 Å². The maximum atomic E-state index is 10.6. The van der Waals surface area contributed by atoms with Gasteiger partial charge in [-0.25, -0.2) is 4.79 Å². The molecule has 0 bridgehead atoms. The highest BCUT2D eigenvalue weighted by Crippen LogP contribution is 1.96. The van der Waals surface area contributed by atoms with Crippen LogP contribution in [0.2, 0.25) is 0 Å². The van der Waals surface area contributed by atoms with Crippen molar-refractivity contribution in [2.24, 2.45) is 4.99 Å². The largest absolute Gasteiger partial charge is 0.467 e. The van der Waals surface area contributed by atoms with Crippen LogP contribution in [0.15, 0.2) is 4.99 Å². The SMILES string of the molecule is C=N[C@@H](CC)C(=O)OC. The molecule has 0 radical (unpaired) electrons. The average Bonchev–Trinajstić information content (AvgIpc) is 1.90. The highest BCUT2D eigenvalue weighted by molar-refractivity contribution is 5.76. The molecule has 0 rings (SSSR count). The number of hydrogen-bond acceptors (Lipinski definition) is 3. The van der Waals surface area contributed by atoms with E-state index in [1.165, 1.54) is 7.11 Å². The minimum Gasteiger partial charge on any atom is -0.467 e. The molecule has 9 heavy (non-hydrogen) atoms. The van der Waals surface area contributed by atoms with Crippen molar-refractivity contribution in [3.63, 3.8) is 0 Å². The van der Waals surface area contributed by atoms with E-state index in [1.807, 2.05) is 6.92 Å². The minimum absolute atomic E-state index is 0.312. The fourth-order valence-electron chi connectivity index (χ4n) is 0.506. The molecule has 0 unspecified atom stereocenters. The Kier molecular flexibility index (Phi) is 3.67. The Labute approximate surface area is 54.7 Å². The van der Waals surface area contributed by atoms with Gasteiger partial charge in [0.2, 0.25) is 0 Å². The number of esters is 1. The number of ether oxygens (including phenoxy) is 1. The number of carbonyl (C=O) groups is 1. The lowest BCUT2D eigenvalue weighted by atomic mass is 10.2. The zero-order chi connectivity index (χ0) is 7.28. The van der Waals surface area contributed by atoms with E-state index in [1.54, 1.807) is 0 Å². The molecule has 0 amide bonds. The lowest BCUT2D eigenvalue weighted by Crippen LogP contribution is -2.18. The maximum Gasteiger partial charge on any atom is 0.330 e. The molecular weight excluding hydrogens is 118 g/mol. The van der Waals surface area contributed by atoms with Crippen molar-refractivity contribution >= 4 is 12.7 Å². The van der Waals surface area contributed by atoms with Crippen LogP contribution in [-0.4, -0.2) is 25.8 Å². The molecule has 0 aliphatic rings. The summed E-state index contributed by atoms with van der Waals surface area (Å²) >= 11 is 0. The Morgan fingerprint density at radius 3 is 2.56 bits per heavy atom. The topological polar surface area (TPSA) is 38.7 Å². The Morgan fingerprint density at radius 1 is 1.89 bits per heavy atom. The van der Waals surface area contributed by atoms with Crippen molar-refractivity contribution in [2.75, 3.05) is 7.11 Å². The molecule has 0 N–H and O–H groups in total. The normalized spacial score (nSPS) is 12.2. The molecule has 3 nitrogen and oxygen atoms in total. The van der Waals surface area contributed by atoms with E-state index >= 15 is 0 Å². The van der Waals surface area contributed by atoms with E-state index in [0.29, 0.717) is 6.42 Å². The van der Waals surface area contributed by atoms with Gasteiger partial charge in [0.05, 0.1) is 7.11 Å². The highest BCUT2D eigenvalue weighted by Gasteiger charge is 2.12. The first-order valence-corrected chi connectivity index (χ1v) is 2.79. The molecule has 0 spiro atoms.